The number of carbonyl (C=O) groups is 1. The van der Waals surface area contributed by atoms with E-state index < -0.39 is 0 Å². The van der Waals surface area contributed by atoms with E-state index in [1.807, 2.05) is 30.5 Å². The Morgan fingerprint density at radius 2 is 2.11 bits per heavy atom. The number of benzene rings is 1. The van der Waals surface area contributed by atoms with Crippen molar-refractivity contribution in [1.82, 2.24) is 15.2 Å². The van der Waals surface area contributed by atoms with Crippen molar-refractivity contribution in [2.45, 2.75) is 18.9 Å². The topological polar surface area (TPSA) is 65.5 Å². The normalized spacial score (nSPS) is 17.4. The Bertz CT molecular complexity index is 926. The van der Waals surface area contributed by atoms with Gasteiger partial charge in [-0.15, -0.1) is 11.3 Å². The maximum Gasteiger partial charge on any atom is 0.261 e. The van der Waals surface area contributed by atoms with Gasteiger partial charge >= 0.3 is 0 Å². The molecule has 0 aliphatic carbocycles. The number of aliphatic hydroxyl groups is 1. The minimum absolute atomic E-state index is 0.0484. The Kier molecular flexibility index (Phi) is 5.48. The quantitative estimate of drug-likeness (QED) is 0.689. The summed E-state index contributed by atoms with van der Waals surface area (Å²) in [5.41, 5.74) is 2.24. The lowest BCUT2D eigenvalue weighted by Gasteiger charge is -2.16. The second-order valence-electron chi connectivity index (χ2n) is 6.86. The van der Waals surface area contributed by atoms with Gasteiger partial charge in [0.15, 0.2) is 0 Å². The molecular weight excluding hydrogens is 358 g/mol. The Morgan fingerprint density at radius 1 is 1.26 bits per heavy atom. The number of hydrogen-bond acceptors (Lipinski definition) is 5. The molecule has 2 aromatic heterocycles. The highest BCUT2D eigenvalue weighted by atomic mass is 32.1. The minimum Gasteiger partial charge on any atom is -0.395 e. The summed E-state index contributed by atoms with van der Waals surface area (Å²) >= 11 is 1.55. The number of hydrogen-bond donors (Lipinski definition) is 2. The predicted octanol–water partition coefficient (Wildman–Crippen LogP) is 3.01. The van der Waals surface area contributed by atoms with E-state index in [1.165, 1.54) is 5.39 Å². The number of pyridine rings is 1. The van der Waals surface area contributed by atoms with Crippen LogP contribution in [-0.2, 0) is 6.54 Å². The molecule has 0 radical (unpaired) electrons. The molecule has 5 nitrogen and oxygen atoms in total. The maximum atomic E-state index is 12.7. The maximum absolute atomic E-state index is 12.7. The molecule has 1 atom stereocenters. The second kappa shape index (κ2) is 8.17. The number of fused-ring (bicyclic) bond motifs is 1. The van der Waals surface area contributed by atoms with Crippen LogP contribution in [0.15, 0.2) is 48.7 Å². The van der Waals surface area contributed by atoms with Crippen LogP contribution in [0.25, 0.3) is 10.1 Å². The Hall–Kier alpha value is -2.28. The van der Waals surface area contributed by atoms with Crippen molar-refractivity contribution in [1.29, 1.82) is 0 Å². The molecule has 1 aliphatic rings. The predicted molar refractivity (Wildman–Crippen MR) is 108 cm³/mol. The fraction of sp³-hybridized carbons (Fsp3) is 0.333. The Morgan fingerprint density at radius 3 is 2.93 bits per heavy atom. The van der Waals surface area contributed by atoms with Gasteiger partial charge in [0.05, 0.1) is 17.2 Å². The summed E-state index contributed by atoms with van der Waals surface area (Å²) in [6.45, 7) is 3.00. The number of nitrogens with zero attached hydrogens (tertiary/aromatic N) is 2. The summed E-state index contributed by atoms with van der Waals surface area (Å²) in [6, 6.07) is 14.3. The monoisotopic (exact) mass is 381 g/mol. The van der Waals surface area contributed by atoms with Crippen LogP contribution < -0.4 is 5.32 Å². The first-order chi connectivity index (χ1) is 13.3. The van der Waals surface area contributed by atoms with Gasteiger partial charge in [0.2, 0.25) is 0 Å². The van der Waals surface area contributed by atoms with Gasteiger partial charge in [0.25, 0.3) is 5.91 Å². The molecule has 3 heterocycles. The van der Waals surface area contributed by atoms with E-state index in [0.717, 1.165) is 46.9 Å². The van der Waals surface area contributed by atoms with Gasteiger partial charge in [-0.1, -0.05) is 24.3 Å². The first kappa shape index (κ1) is 18.1. The molecule has 27 heavy (non-hydrogen) atoms. The smallest absolute Gasteiger partial charge is 0.261 e. The van der Waals surface area contributed by atoms with Crippen LogP contribution in [0.1, 0.15) is 33.3 Å². The summed E-state index contributed by atoms with van der Waals surface area (Å²) in [4.78, 5) is 20.3. The van der Waals surface area contributed by atoms with Crippen molar-refractivity contribution >= 4 is 27.3 Å². The van der Waals surface area contributed by atoms with Crippen LogP contribution in [0.2, 0.25) is 0 Å². The Labute approximate surface area is 162 Å². The van der Waals surface area contributed by atoms with Crippen LogP contribution in [0.3, 0.4) is 0 Å². The van der Waals surface area contributed by atoms with Crippen LogP contribution in [0, 0.1) is 0 Å². The second-order valence-corrected chi connectivity index (χ2v) is 7.91. The van der Waals surface area contributed by atoms with Crippen molar-refractivity contribution in [3.8, 4) is 0 Å². The van der Waals surface area contributed by atoms with Crippen LogP contribution in [0.5, 0.6) is 0 Å². The molecule has 1 aliphatic heterocycles. The van der Waals surface area contributed by atoms with Gasteiger partial charge in [-0.05, 0) is 42.1 Å². The van der Waals surface area contributed by atoms with Gasteiger partial charge in [-0.3, -0.25) is 14.7 Å². The molecule has 6 heteroatoms. The van der Waals surface area contributed by atoms with Crippen molar-refractivity contribution in [3.63, 3.8) is 0 Å². The number of rotatable bonds is 6. The molecule has 0 spiro atoms. The van der Waals surface area contributed by atoms with E-state index in [4.69, 9.17) is 5.11 Å². The molecule has 0 saturated carbocycles. The highest BCUT2D eigenvalue weighted by Gasteiger charge is 2.30. The first-order valence-corrected chi connectivity index (χ1v) is 10.1. The third-order valence-electron chi connectivity index (χ3n) is 5.03. The lowest BCUT2D eigenvalue weighted by molar-refractivity contribution is 0.0947. The minimum atomic E-state index is -0.0802. The van der Waals surface area contributed by atoms with E-state index in [1.54, 1.807) is 11.3 Å². The lowest BCUT2D eigenvalue weighted by atomic mass is 9.95. The highest BCUT2D eigenvalue weighted by molar-refractivity contribution is 7.21. The fourth-order valence-electron chi connectivity index (χ4n) is 3.82. The Balaban J connectivity index is 1.60. The number of nitrogens with one attached hydrogen (secondary N) is 1. The molecule has 4 rings (SSSR count). The van der Waals surface area contributed by atoms with E-state index in [0.29, 0.717) is 5.92 Å². The zero-order valence-electron chi connectivity index (χ0n) is 15.1. The van der Waals surface area contributed by atoms with Crippen LogP contribution >= 0.6 is 11.3 Å². The van der Waals surface area contributed by atoms with Crippen LogP contribution in [-0.4, -0.2) is 47.1 Å². The van der Waals surface area contributed by atoms with Gasteiger partial charge in [0, 0.05) is 36.4 Å². The zero-order valence-corrected chi connectivity index (χ0v) is 15.9. The van der Waals surface area contributed by atoms with E-state index in [2.05, 4.69) is 33.4 Å². The summed E-state index contributed by atoms with van der Waals surface area (Å²) in [5.74, 6) is 0.253. The summed E-state index contributed by atoms with van der Waals surface area (Å²) in [5, 5.41) is 13.0. The van der Waals surface area contributed by atoms with Gasteiger partial charge < -0.3 is 10.4 Å². The van der Waals surface area contributed by atoms with Gasteiger partial charge in [0.1, 0.15) is 0 Å². The molecule has 1 saturated heterocycles. The number of thiophene rings is 1. The van der Waals surface area contributed by atoms with Gasteiger partial charge in [-0.2, -0.15) is 0 Å². The molecule has 1 fully saturated rings. The fourth-order valence-corrected chi connectivity index (χ4v) is 5.03. The number of aromatic nitrogens is 1. The average molecular weight is 382 g/mol. The van der Waals surface area contributed by atoms with Crippen molar-refractivity contribution in [3.05, 3.63) is 64.8 Å². The standard InChI is InChI=1S/C21H23N3O2S/c25-12-10-23-21(26)20-19(17-6-1-2-7-18(17)27-20)15-8-11-24(13-15)14-16-5-3-4-9-22-16/h1-7,9,15,25H,8,10-14H2,(H,23,26)/t15-/m0/s1. The average Bonchev–Trinajstić information content (AvgIpc) is 3.31. The molecule has 2 N–H and O–H groups in total. The summed E-state index contributed by atoms with van der Waals surface area (Å²) in [6.07, 6.45) is 2.87. The van der Waals surface area contributed by atoms with E-state index >= 15 is 0 Å². The summed E-state index contributed by atoms with van der Waals surface area (Å²) in [7, 11) is 0. The summed E-state index contributed by atoms with van der Waals surface area (Å²) < 4.78 is 1.14. The third-order valence-corrected chi connectivity index (χ3v) is 6.22. The molecule has 1 amide bonds. The van der Waals surface area contributed by atoms with Gasteiger partial charge in [-0.25, -0.2) is 0 Å². The first-order valence-electron chi connectivity index (χ1n) is 9.29. The number of amides is 1. The zero-order chi connectivity index (χ0) is 18.6. The number of aliphatic hydroxyl groups excluding tert-OH is 1. The molecule has 0 bridgehead atoms. The number of carbonyl (C=O) groups excluding carboxylic acids is 1. The third kappa shape index (κ3) is 3.88. The SMILES string of the molecule is O=C(NCCO)c1sc2ccccc2c1[C@H]1CCN(Cc2ccccn2)C1. The highest BCUT2D eigenvalue weighted by Crippen LogP contribution is 2.40. The van der Waals surface area contributed by atoms with Crippen molar-refractivity contribution in [2.75, 3.05) is 26.2 Å². The van der Waals surface area contributed by atoms with E-state index in [9.17, 15) is 4.79 Å². The molecule has 140 valence electrons. The van der Waals surface area contributed by atoms with Crippen molar-refractivity contribution < 1.29 is 9.90 Å². The molecule has 1 aromatic carbocycles. The van der Waals surface area contributed by atoms with Crippen LogP contribution in [0.4, 0.5) is 0 Å². The number of likely N-dealkylation sites (tertiary alicyclic amines) is 1. The molecule has 3 aromatic rings. The van der Waals surface area contributed by atoms with Crippen molar-refractivity contribution in [2.24, 2.45) is 0 Å². The lowest BCUT2D eigenvalue weighted by Crippen LogP contribution is -2.27. The van der Waals surface area contributed by atoms with E-state index in [-0.39, 0.29) is 19.1 Å². The largest absolute Gasteiger partial charge is 0.395 e. The molecular formula is C21H23N3O2S. The molecule has 0 unspecified atom stereocenters.